The van der Waals surface area contributed by atoms with E-state index in [1.165, 1.54) is 0 Å². The van der Waals surface area contributed by atoms with Crippen molar-refractivity contribution in [3.63, 3.8) is 0 Å². The Kier molecular flexibility index (Phi) is 6.47. The van der Waals surface area contributed by atoms with Crippen LogP contribution in [0.3, 0.4) is 0 Å². The predicted octanol–water partition coefficient (Wildman–Crippen LogP) is 1.55. The summed E-state index contributed by atoms with van der Waals surface area (Å²) < 4.78 is 10.2. The van der Waals surface area contributed by atoms with Crippen molar-refractivity contribution in [2.75, 3.05) is 31.7 Å². The number of rotatable bonds is 7. The number of amides is 1. The van der Waals surface area contributed by atoms with Crippen LogP contribution in [-0.2, 0) is 14.3 Å². The minimum Gasteiger partial charge on any atom is -0.379 e. The lowest BCUT2D eigenvalue weighted by Gasteiger charge is -2.06. The molecule has 1 N–H and O–H groups in total. The first kappa shape index (κ1) is 14.2. The van der Waals surface area contributed by atoms with Crippen molar-refractivity contribution in [3.05, 3.63) is 29.8 Å². The van der Waals surface area contributed by atoms with Crippen molar-refractivity contribution in [1.82, 2.24) is 0 Å². The molecular formula is C13H16N2O3. The van der Waals surface area contributed by atoms with E-state index in [1.807, 2.05) is 13.0 Å². The predicted molar refractivity (Wildman–Crippen MR) is 67.1 cm³/mol. The third-order valence-electron chi connectivity index (χ3n) is 2.11. The molecule has 0 saturated carbocycles. The van der Waals surface area contributed by atoms with Gasteiger partial charge in [-0.25, -0.2) is 0 Å². The van der Waals surface area contributed by atoms with Gasteiger partial charge >= 0.3 is 0 Å². The lowest BCUT2D eigenvalue weighted by molar-refractivity contribution is -0.121. The van der Waals surface area contributed by atoms with E-state index in [-0.39, 0.29) is 12.5 Å². The first-order valence-electron chi connectivity index (χ1n) is 5.71. The first-order valence-corrected chi connectivity index (χ1v) is 5.71. The van der Waals surface area contributed by atoms with E-state index in [2.05, 4.69) is 5.32 Å². The number of anilines is 1. The van der Waals surface area contributed by atoms with Gasteiger partial charge in [0.05, 0.1) is 24.8 Å². The summed E-state index contributed by atoms with van der Waals surface area (Å²) in [5.74, 6) is -0.226. The van der Waals surface area contributed by atoms with Gasteiger partial charge in [-0.3, -0.25) is 4.79 Å². The van der Waals surface area contributed by atoms with Crippen LogP contribution in [0.4, 0.5) is 5.69 Å². The highest BCUT2D eigenvalue weighted by Crippen LogP contribution is 2.08. The zero-order chi connectivity index (χ0) is 13.2. The fourth-order valence-electron chi connectivity index (χ4n) is 1.25. The quantitative estimate of drug-likeness (QED) is 0.743. The van der Waals surface area contributed by atoms with Crippen LogP contribution in [0.5, 0.6) is 0 Å². The van der Waals surface area contributed by atoms with Crippen LogP contribution in [0.1, 0.15) is 12.5 Å². The minimum absolute atomic E-state index is 0.00687. The summed E-state index contributed by atoms with van der Waals surface area (Å²) in [4.78, 5) is 11.5. The molecule has 1 aromatic rings. The molecule has 0 atom stereocenters. The average Bonchev–Trinajstić information content (AvgIpc) is 2.39. The molecule has 96 valence electrons. The molecule has 1 aromatic carbocycles. The molecule has 0 aromatic heterocycles. The van der Waals surface area contributed by atoms with Crippen LogP contribution in [0.25, 0.3) is 0 Å². The molecule has 0 fully saturated rings. The smallest absolute Gasteiger partial charge is 0.250 e. The standard InChI is InChI=1S/C13H16N2O3/c1-2-17-7-8-18-10-13(16)15-12-5-3-11(9-14)4-6-12/h3-6H,2,7-8,10H2,1H3,(H,15,16). The molecule has 5 nitrogen and oxygen atoms in total. The molecule has 0 bridgehead atoms. The molecule has 1 rings (SSSR count). The number of carbonyl (C=O) groups excluding carboxylic acids is 1. The van der Waals surface area contributed by atoms with E-state index >= 15 is 0 Å². The molecule has 0 spiro atoms. The second-order valence-electron chi connectivity index (χ2n) is 3.49. The Hall–Kier alpha value is -1.90. The molecule has 0 aliphatic rings. The number of ether oxygens (including phenoxy) is 2. The SMILES string of the molecule is CCOCCOCC(=O)Nc1ccc(C#N)cc1. The van der Waals surface area contributed by atoms with E-state index in [0.717, 1.165) is 0 Å². The fraction of sp³-hybridized carbons (Fsp3) is 0.385. The molecule has 0 heterocycles. The van der Waals surface area contributed by atoms with Crippen molar-refractivity contribution < 1.29 is 14.3 Å². The maximum atomic E-state index is 11.5. The van der Waals surface area contributed by atoms with Crippen molar-refractivity contribution in [1.29, 1.82) is 5.26 Å². The van der Waals surface area contributed by atoms with Crippen LogP contribution >= 0.6 is 0 Å². The van der Waals surface area contributed by atoms with Gasteiger partial charge in [-0.05, 0) is 31.2 Å². The second kappa shape index (κ2) is 8.23. The third-order valence-corrected chi connectivity index (χ3v) is 2.11. The Bertz CT molecular complexity index is 409. The highest BCUT2D eigenvalue weighted by molar-refractivity contribution is 5.91. The lowest BCUT2D eigenvalue weighted by atomic mass is 10.2. The van der Waals surface area contributed by atoms with Crippen molar-refractivity contribution in [2.24, 2.45) is 0 Å². The van der Waals surface area contributed by atoms with E-state index < -0.39 is 0 Å². The Labute approximate surface area is 106 Å². The van der Waals surface area contributed by atoms with Gasteiger partial charge in [0, 0.05) is 12.3 Å². The maximum absolute atomic E-state index is 11.5. The molecule has 1 amide bonds. The number of nitrogens with zero attached hydrogens (tertiary/aromatic N) is 1. The summed E-state index contributed by atoms with van der Waals surface area (Å²) in [6, 6.07) is 8.65. The number of benzene rings is 1. The Balaban J connectivity index is 2.25. The number of nitrogens with one attached hydrogen (secondary N) is 1. The Morgan fingerprint density at radius 2 is 1.94 bits per heavy atom. The van der Waals surface area contributed by atoms with Gasteiger partial charge < -0.3 is 14.8 Å². The van der Waals surface area contributed by atoms with Crippen molar-refractivity contribution in [2.45, 2.75) is 6.92 Å². The molecule has 18 heavy (non-hydrogen) atoms. The van der Waals surface area contributed by atoms with Crippen LogP contribution in [0.2, 0.25) is 0 Å². The van der Waals surface area contributed by atoms with E-state index in [0.29, 0.717) is 31.1 Å². The highest BCUT2D eigenvalue weighted by atomic mass is 16.5. The highest BCUT2D eigenvalue weighted by Gasteiger charge is 2.02. The topological polar surface area (TPSA) is 71.3 Å². The Morgan fingerprint density at radius 1 is 1.28 bits per heavy atom. The largest absolute Gasteiger partial charge is 0.379 e. The van der Waals surface area contributed by atoms with E-state index in [4.69, 9.17) is 14.7 Å². The molecular weight excluding hydrogens is 232 g/mol. The number of hydrogen-bond acceptors (Lipinski definition) is 4. The average molecular weight is 248 g/mol. The lowest BCUT2D eigenvalue weighted by Crippen LogP contribution is -2.19. The van der Waals surface area contributed by atoms with Crippen molar-refractivity contribution >= 4 is 11.6 Å². The number of nitriles is 1. The van der Waals surface area contributed by atoms with Gasteiger partial charge in [0.1, 0.15) is 6.61 Å². The van der Waals surface area contributed by atoms with Gasteiger partial charge in [0.2, 0.25) is 5.91 Å². The van der Waals surface area contributed by atoms with Gasteiger partial charge in [0.25, 0.3) is 0 Å². The van der Waals surface area contributed by atoms with E-state index in [1.54, 1.807) is 24.3 Å². The van der Waals surface area contributed by atoms with Crippen LogP contribution in [0, 0.1) is 11.3 Å². The molecule has 0 aliphatic heterocycles. The first-order chi connectivity index (χ1) is 8.76. The van der Waals surface area contributed by atoms with Crippen LogP contribution in [-0.4, -0.2) is 32.3 Å². The molecule has 0 aliphatic carbocycles. The molecule has 0 saturated heterocycles. The van der Waals surface area contributed by atoms with Crippen LogP contribution in [0.15, 0.2) is 24.3 Å². The summed E-state index contributed by atoms with van der Waals surface area (Å²) >= 11 is 0. The normalized spacial score (nSPS) is 9.78. The summed E-state index contributed by atoms with van der Waals surface area (Å²) in [5, 5.41) is 11.3. The fourth-order valence-corrected chi connectivity index (χ4v) is 1.25. The van der Waals surface area contributed by atoms with Crippen LogP contribution < -0.4 is 5.32 Å². The Morgan fingerprint density at radius 3 is 2.56 bits per heavy atom. The summed E-state index contributed by atoms with van der Waals surface area (Å²) in [7, 11) is 0. The maximum Gasteiger partial charge on any atom is 0.250 e. The number of carbonyl (C=O) groups is 1. The molecule has 0 unspecified atom stereocenters. The summed E-state index contributed by atoms with van der Waals surface area (Å²) in [6.07, 6.45) is 0. The minimum atomic E-state index is -0.226. The molecule has 0 radical (unpaired) electrons. The number of hydrogen-bond donors (Lipinski definition) is 1. The summed E-state index contributed by atoms with van der Waals surface area (Å²) in [5.41, 5.74) is 1.20. The zero-order valence-electron chi connectivity index (χ0n) is 10.3. The molecule has 5 heteroatoms. The van der Waals surface area contributed by atoms with Gasteiger partial charge in [-0.15, -0.1) is 0 Å². The summed E-state index contributed by atoms with van der Waals surface area (Å²) in [6.45, 7) is 3.42. The third kappa shape index (κ3) is 5.43. The van der Waals surface area contributed by atoms with Gasteiger partial charge in [0.15, 0.2) is 0 Å². The second-order valence-corrected chi connectivity index (χ2v) is 3.49. The monoisotopic (exact) mass is 248 g/mol. The van der Waals surface area contributed by atoms with Crippen molar-refractivity contribution in [3.8, 4) is 6.07 Å². The van der Waals surface area contributed by atoms with E-state index in [9.17, 15) is 4.79 Å². The zero-order valence-corrected chi connectivity index (χ0v) is 10.3. The van der Waals surface area contributed by atoms with Gasteiger partial charge in [-0.2, -0.15) is 5.26 Å². The van der Waals surface area contributed by atoms with Gasteiger partial charge in [-0.1, -0.05) is 0 Å².